The van der Waals surface area contributed by atoms with Crippen molar-refractivity contribution in [3.8, 4) is 0 Å². The van der Waals surface area contributed by atoms with Gasteiger partial charge in [-0.3, -0.25) is 9.59 Å². The van der Waals surface area contributed by atoms with E-state index in [1.165, 1.54) is 0 Å². The first-order valence-corrected chi connectivity index (χ1v) is 7.15. The molecule has 4 heteroatoms. The van der Waals surface area contributed by atoms with Crippen LogP contribution in [0.3, 0.4) is 0 Å². The van der Waals surface area contributed by atoms with Crippen LogP contribution in [-0.2, 0) is 9.59 Å². The maximum Gasteiger partial charge on any atom is 0.249 e. The van der Waals surface area contributed by atoms with E-state index in [-0.39, 0.29) is 17.7 Å². The molecular weight excluding hydrogens is 252 g/mol. The first-order chi connectivity index (χ1) is 9.51. The van der Waals surface area contributed by atoms with Gasteiger partial charge in [0, 0.05) is 19.0 Å². The summed E-state index contributed by atoms with van der Waals surface area (Å²) >= 11 is 0. The highest BCUT2D eigenvalue weighted by Gasteiger charge is 2.26. The van der Waals surface area contributed by atoms with Crippen LogP contribution in [-0.4, -0.2) is 29.8 Å². The number of benzene rings is 1. The molecule has 20 heavy (non-hydrogen) atoms. The van der Waals surface area contributed by atoms with E-state index in [0.29, 0.717) is 13.1 Å². The molecule has 0 bridgehead atoms. The van der Waals surface area contributed by atoms with E-state index < -0.39 is 6.04 Å². The van der Waals surface area contributed by atoms with Gasteiger partial charge in [0.05, 0.1) is 0 Å². The molecule has 2 amide bonds. The van der Waals surface area contributed by atoms with Crippen molar-refractivity contribution in [2.45, 2.75) is 33.7 Å². The molecule has 0 radical (unpaired) electrons. The highest BCUT2D eigenvalue weighted by atomic mass is 16.2. The van der Waals surface area contributed by atoms with Crippen LogP contribution in [0.2, 0.25) is 0 Å². The Morgan fingerprint density at radius 1 is 1.10 bits per heavy atom. The Morgan fingerprint density at radius 2 is 1.65 bits per heavy atom. The largest absolute Gasteiger partial charge is 0.341 e. The van der Waals surface area contributed by atoms with Crippen LogP contribution in [0.15, 0.2) is 30.3 Å². The number of amides is 2. The fourth-order valence-corrected chi connectivity index (χ4v) is 1.96. The summed E-state index contributed by atoms with van der Waals surface area (Å²) in [5.41, 5.74) is 0.818. The Morgan fingerprint density at radius 3 is 2.10 bits per heavy atom. The lowest BCUT2D eigenvalue weighted by Gasteiger charge is -2.26. The standard InChI is InChI=1S/C16H24N2O2/c1-5-18(6-2)16(20)14(17-15(19)12(3)4)13-10-8-7-9-11-13/h7-12,14H,5-6H2,1-4H3,(H,17,19)/t14-/m1/s1. The summed E-state index contributed by atoms with van der Waals surface area (Å²) in [5, 5.41) is 2.85. The van der Waals surface area contributed by atoms with Gasteiger partial charge in [0.1, 0.15) is 6.04 Å². The van der Waals surface area contributed by atoms with E-state index in [1.54, 1.807) is 4.90 Å². The van der Waals surface area contributed by atoms with Crippen LogP contribution in [0, 0.1) is 5.92 Å². The maximum absolute atomic E-state index is 12.6. The van der Waals surface area contributed by atoms with Crippen molar-refractivity contribution >= 4 is 11.8 Å². The maximum atomic E-state index is 12.6. The van der Waals surface area contributed by atoms with Crippen molar-refractivity contribution in [3.63, 3.8) is 0 Å². The Labute approximate surface area is 121 Å². The van der Waals surface area contributed by atoms with Crippen LogP contribution in [0.4, 0.5) is 0 Å². The molecule has 1 aromatic carbocycles. The summed E-state index contributed by atoms with van der Waals surface area (Å²) in [5.74, 6) is -0.319. The lowest BCUT2D eigenvalue weighted by molar-refractivity contribution is -0.137. The van der Waals surface area contributed by atoms with Gasteiger partial charge < -0.3 is 10.2 Å². The third-order valence-electron chi connectivity index (χ3n) is 3.27. The van der Waals surface area contributed by atoms with E-state index in [2.05, 4.69) is 5.32 Å². The average Bonchev–Trinajstić information content (AvgIpc) is 2.46. The number of rotatable bonds is 6. The third kappa shape index (κ3) is 4.08. The van der Waals surface area contributed by atoms with Gasteiger partial charge in [-0.15, -0.1) is 0 Å². The molecule has 4 nitrogen and oxygen atoms in total. The summed E-state index contributed by atoms with van der Waals surface area (Å²) in [7, 11) is 0. The number of carbonyl (C=O) groups excluding carboxylic acids is 2. The highest BCUT2D eigenvalue weighted by molar-refractivity contribution is 5.89. The number of likely N-dealkylation sites (N-methyl/N-ethyl adjacent to an activating group) is 1. The lowest BCUT2D eigenvalue weighted by Crippen LogP contribution is -2.43. The molecule has 0 spiro atoms. The zero-order chi connectivity index (χ0) is 15.1. The van der Waals surface area contributed by atoms with E-state index in [4.69, 9.17) is 0 Å². The van der Waals surface area contributed by atoms with Gasteiger partial charge in [0.25, 0.3) is 0 Å². The molecule has 1 N–H and O–H groups in total. The zero-order valence-electron chi connectivity index (χ0n) is 12.7. The van der Waals surface area contributed by atoms with E-state index in [0.717, 1.165) is 5.56 Å². The number of hydrogen-bond donors (Lipinski definition) is 1. The van der Waals surface area contributed by atoms with E-state index in [9.17, 15) is 9.59 Å². The van der Waals surface area contributed by atoms with Gasteiger partial charge in [-0.1, -0.05) is 44.2 Å². The molecule has 0 aliphatic rings. The Bertz CT molecular complexity index is 439. The smallest absolute Gasteiger partial charge is 0.249 e. The molecule has 0 saturated heterocycles. The summed E-state index contributed by atoms with van der Waals surface area (Å²) in [6.45, 7) is 8.78. The fraction of sp³-hybridized carbons (Fsp3) is 0.500. The monoisotopic (exact) mass is 276 g/mol. The van der Waals surface area contributed by atoms with Crippen molar-refractivity contribution in [2.75, 3.05) is 13.1 Å². The van der Waals surface area contributed by atoms with Crippen LogP contribution in [0.5, 0.6) is 0 Å². The van der Waals surface area contributed by atoms with Crippen molar-refractivity contribution in [1.82, 2.24) is 10.2 Å². The molecule has 0 fully saturated rings. The minimum atomic E-state index is -0.606. The number of carbonyl (C=O) groups is 2. The topological polar surface area (TPSA) is 49.4 Å². The number of nitrogens with zero attached hydrogens (tertiary/aromatic N) is 1. The van der Waals surface area contributed by atoms with Gasteiger partial charge in [-0.25, -0.2) is 0 Å². The van der Waals surface area contributed by atoms with Gasteiger partial charge in [0.15, 0.2) is 0 Å². The minimum absolute atomic E-state index is 0.0600. The lowest BCUT2D eigenvalue weighted by atomic mass is 10.0. The Kier molecular flexibility index (Phi) is 6.22. The number of nitrogens with one attached hydrogen (secondary N) is 1. The van der Waals surface area contributed by atoms with Gasteiger partial charge in [-0.2, -0.15) is 0 Å². The van der Waals surface area contributed by atoms with Crippen molar-refractivity contribution in [2.24, 2.45) is 5.92 Å². The first-order valence-electron chi connectivity index (χ1n) is 7.15. The summed E-state index contributed by atoms with van der Waals surface area (Å²) in [6, 6.07) is 8.77. The van der Waals surface area contributed by atoms with Crippen LogP contribution < -0.4 is 5.32 Å². The molecule has 0 saturated carbocycles. The second-order valence-corrected chi connectivity index (χ2v) is 5.02. The molecule has 0 aromatic heterocycles. The molecule has 0 heterocycles. The van der Waals surface area contributed by atoms with Gasteiger partial charge >= 0.3 is 0 Å². The third-order valence-corrected chi connectivity index (χ3v) is 3.27. The molecule has 110 valence electrons. The number of hydrogen-bond acceptors (Lipinski definition) is 2. The predicted octanol–water partition coefficient (Wildman–Crippen LogP) is 2.37. The SMILES string of the molecule is CCN(CC)C(=O)[C@H](NC(=O)C(C)C)c1ccccc1. The molecule has 1 atom stereocenters. The summed E-state index contributed by atoms with van der Waals surface area (Å²) in [4.78, 5) is 26.3. The van der Waals surface area contributed by atoms with Crippen LogP contribution in [0.25, 0.3) is 0 Å². The first kappa shape index (κ1) is 16.2. The minimum Gasteiger partial charge on any atom is -0.341 e. The van der Waals surface area contributed by atoms with Gasteiger partial charge in [-0.05, 0) is 19.4 Å². The summed E-state index contributed by atoms with van der Waals surface area (Å²) < 4.78 is 0. The quantitative estimate of drug-likeness (QED) is 0.867. The second kappa shape index (κ2) is 7.68. The Hall–Kier alpha value is -1.84. The average molecular weight is 276 g/mol. The molecular formula is C16H24N2O2. The van der Waals surface area contributed by atoms with E-state index in [1.807, 2.05) is 58.0 Å². The second-order valence-electron chi connectivity index (χ2n) is 5.02. The van der Waals surface area contributed by atoms with Crippen molar-refractivity contribution in [3.05, 3.63) is 35.9 Å². The molecule has 0 unspecified atom stereocenters. The van der Waals surface area contributed by atoms with Gasteiger partial charge in [0.2, 0.25) is 11.8 Å². The Balaban J connectivity index is 3.02. The molecule has 0 aliphatic carbocycles. The van der Waals surface area contributed by atoms with Crippen LogP contribution >= 0.6 is 0 Å². The fourth-order valence-electron chi connectivity index (χ4n) is 1.96. The summed E-state index contributed by atoms with van der Waals surface area (Å²) in [6.07, 6.45) is 0. The van der Waals surface area contributed by atoms with Crippen molar-refractivity contribution in [1.29, 1.82) is 0 Å². The normalized spacial score (nSPS) is 12.1. The predicted molar refractivity (Wildman–Crippen MR) is 80.1 cm³/mol. The zero-order valence-corrected chi connectivity index (χ0v) is 12.7. The van der Waals surface area contributed by atoms with Crippen LogP contribution in [0.1, 0.15) is 39.3 Å². The molecule has 1 aromatic rings. The highest BCUT2D eigenvalue weighted by Crippen LogP contribution is 2.16. The molecule has 1 rings (SSSR count). The van der Waals surface area contributed by atoms with Crippen molar-refractivity contribution < 1.29 is 9.59 Å². The molecule has 0 aliphatic heterocycles. The van der Waals surface area contributed by atoms with E-state index >= 15 is 0 Å².